The van der Waals surface area contributed by atoms with Gasteiger partial charge >= 0.3 is 0 Å². The molecule has 1 atom stereocenters. The van der Waals surface area contributed by atoms with Crippen LogP contribution in [0.5, 0.6) is 0 Å². The van der Waals surface area contributed by atoms with Crippen molar-refractivity contribution in [2.24, 2.45) is 0 Å². The minimum Gasteiger partial charge on any atom is -0.325 e. The molecule has 1 heterocycles. The predicted octanol–water partition coefficient (Wildman–Crippen LogP) is 5.23. The van der Waals surface area contributed by atoms with Gasteiger partial charge in [0.15, 0.2) is 0 Å². The quantitative estimate of drug-likeness (QED) is 0.491. The number of rotatable bonds is 9. The van der Waals surface area contributed by atoms with E-state index in [2.05, 4.69) is 23.3 Å². The molecule has 1 amide bonds. The lowest BCUT2D eigenvalue weighted by Crippen LogP contribution is -2.22. The standard InChI is InChI=1S/C19H24N2OS2/c1-3-4-12-23-15(2)19(22)21-17-7-9-18(10-8-17)24-14-16-6-5-11-20-13-16/h5-11,13,15H,3-4,12,14H2,1-2H3,(H,21,22). The number of carbonyl (C=O) groups is 1. The molecule has 128 valence electrons. The molecule has 3 nitrogen and oxygen atoms in total. The van der Waals surface area contributed by atoms with Gasteiger partial charge in [0.2, 0.25) is 5.91 Å². The second-order valence-electron chi connectivity index (χ2n) is 5.53. The van der Waals surface area contributed by atoms with Gasteiger partial charge in [-0.05, 0) is 55.0 Å². The monoisotopic (exact) mass is 360 g/mol. The SMILES string of the molecule is CCCCSC(C)C(=O)Nc1ccc(SCc2cccnc2)cc1. The maximum Gasteiger partial charge on any atom is 0.237 e. The highest BCUT2D eigenvalue weighted by molar-refractivity contribution is 8.00. The average Bonchev–Trinajstić information content (AvgIpc) is 2.62. The lowest BCUT2D eigenvalue weighted by Gasteiger charge is -2.12. The summed E-state index contributed by atoms with van der Waals surface area (Å²) >= 11 is 3.48. The van der Waals surface area contributed by atoms with Crippen LogP contribution in [0.3, 0.4) is 0 Å². The Morgan fingerprint density at radius 3 is 2.71 bits per heavy atom. The van der Waals surface area contributed by atoms with Gasteiger partial charge in [-0.2, -0.15) is 0 Å². The Bertz CT molecular complexity index is 617. The lowest BCUT2D eigenvalue weighted by molar-refractivity contribution is -0.115. The van der Waals surface area contributed by atoms with Crippen LogP contribution in [0.4, 0.5) is 5.69 Å². The fourth-order valence-electron chi connectivity index (χ4n) is 2.01. The van der Waals surface area contributed by atoms with Crippen molar-refractivity contribution in [1.29, 1.82) is 0 Å². The van der Waals surface area contributed by atoms with E-state index >= 15 is 0 Å². The molecule has 2 rings (SSSR count). The van der Waals surface area contributed by atoms with Gasteiger partial charge in [-0.25, -0.2) is 0 Å². The number of aromatic nitrogens is 1. The van der Waals surface area contributed by atoms with Crippen molar-refractivity contribution in [2.45, 2.75) is 42.6 Å². The summed E-state index contributed by atoms with van der Waals surface area (Å²) in [7, 11) is 0. The van der Waals surface area contributed by atoms with E-state index in [0.29, 0.717) is 0 Å². The number of pyridine rings is 1. The number of hydrogen-bond acceptors (Lipinski definition) is 4. The summed E-state index contributed by atoms with van der Waals surface area (Å²) in [6, 6.07) is 12.1. The normalized spacial score (nSPS) is 11.9. The van der Waals surface area contributed by atoms with E-state index in [4.69, 9.17) is 0 Å². The van der Waals surface area contributed by atoms with E-state index in [1.165, 1.54) is 16.9 Å². The van der Waals surface area contributed by atoms with Gasteiger partial charge in [0, 0.05) is 28.7 Å². The first-order valence-electron chi connectivity index (χ1n) is 8.23. The Kier molecular flexibility index (Phi) is 8.19. The van der Waals surface area contributed by atoms with Gasteiger partial charge in [0.25, 0.3) is 0 Å². The van der Waals surface area contributed by atoms with Crippen LogP contribution >= 0.6 is 23.5 Å². The molecule has 0 bridgehead atoms. The molecule has 1 unspecified atom stereocenters. The third-order valence-electron chi connectivity index (χ3n) is 3.49. The highest BCUT2D eigenvalue weighted by Gasteiger charge is 2.12. The van der Waals surface area contributed by atoms with E-state index in [1.54, 1.807) is 29.7 Å². The molecule has 2 aromatic rings. The van der Waals surface area contributed by atoms with Gasteiger partial charge in [0.05, 0.1) is 5.25 Å². The summed E-state index contributed by atoms with van der Waals surface area (Å²) in [5.41, 5.74) is 2.06. The Balaban J connectivity index is 1.80. The van der Waals surface area contributed by atoms with Crippen LogP contribution in [0.25, 0.3) is 0 Å². The van der Waals surface area contributed by atoms with Gasteiger partial charge in [-0.1, -0.05) is 19.4 Å². The smallest absolute Gasteiger partial charge is 0.237 e. The van der Waals surface area contributed by atoms with Crippen LogP contribution in [-0.4, -0.2) is 21.9 Å². The number of benzene rings is 1. The molecule has 1 aromatic carbocycles. The Labute approximate surface area is 153 Å². The van der Waals surface area contributed by atoms with Gasteiger partial charge < -0.3 is 5.32 Å². The second kappa shape index (κ2) is 10.4. The maximum absolute atomic E-state index is 12.2. The number of amides is 1. The summed E-state index contributed by atoms with van der Waals surface area (Å²) in [4.78, 5) is 17.5. The van der Waals surface area contributed by atoms with Crippen molar-refractivity contribution in [1.82, 2.24) is 4.98 Å². The van der Waals surface area contributed by atoms with Crippen LogP contribution in [0.15, 0.2) is 53.7 Å². The van der Waals surface area contributed by atoms with Crippen molar-refractivity contribution in [3.63, 3.8) is 0 Å². The number of anilines is 1. The molecular weight excluding hydrogens is 336 g/mol. The van der Waals surface area contributed by atoms with Crippen molar-refractivity contribution < 1.29 is 4.79 Å². The number of nitrogens with zero attached hydrogens (tertiary/aromatic N) is 1. The number of hydrogen-bond donors (Lipinski definition) is 1. The molecule has 0 radical (unpaired) electrons. The molecule has 0 saturated carbocycles. The Morgan fingerprint density at radius 2 is 2.04 bits per heavy atom. The summed E-state index contributed by atoms with van der Waals surface area (Å²) in [5.74, 6) is 2.01. The number of carbonyl (C=O) groups excluding carboxylic acids is 1. The van der Waals surface area contributed by atoms with E-state index in [0.717, 1.165) is 23.6 Å². The zero-order valence-electron chi connectivity index (χ0n) is 14.2. The molecule has 0 aliphatic carbocycles. The molecule has 24 heavy (non-hydrogen) atoms. The zero-order valence-corrected chi connectivity index (χ0v) is 15.8. The highest BCUT2D eigenvalue weighted by atomic mass is 32.2. The largest absolute Gasteiger partial charge is 0.325 e. The number of thioether (sulfide) groups is 2. The van der Waals surface area contributed by atoms with Gasteiger partial charge in [0.1, 0.15) is 0 Å². The Morgan fingerprint density at radius 1 is 1.25 bits per heavy atom. The molecule has 0 fully saturated rings. The lowest BCUT2D eigenvalue weighted by atomic mass is 10.3. The first kappa shape index (κ1) is 18.9. The molecule has 1 N–H and O–H groups in total. The van der Waals surface area contributed by atoms with Crippen LogP contribution in [-0.2, 0) is 10.5 Å². The van der Waals surface area contributed by atoms with Crippen molar-refractivity contribution in [2.75, 3.05) is 11.1 Å². The molecule has 0 saturated heterocycles. The zero-order chi connectivity index (χ0) is 17.2. The minimum absolute atomic E-state index is 0.0174. The van der Waals surface area contributed by atoms with Crippen LogP contribution < -0.4 is 5.32 Å². The topological polar surface area (TPSA) is 42.0 Å². The third kappa shape index (κ3) is 6.57. The van der Waals surface area contributed by atoms with Gasteiger partial charge in [-0.3, -0.25) is 9.78 Å². The van der Waals surface area contributed by atoms with E-state index in [9.17, 15) is 4.79 Å². The average molecular weight is 361 g/mol. The van der Waals surface area contributed by atoms with Crippen LogP contribution in [0, 0.1) is 0 Å². The summed E-state index contributed by atoms with van der Waals surface area (Å²) in [6.45, 7) is 4.13. The molecule has 1 aromatic heterocycles. The highest BCUT2D eigenvalue weighted by Crippen LogP contribution is 2.24. The van der Waals surface area contributed by atoms with Gasteiger partial charge in [-0.15, -0.1) is 23.5 Å². The predicted molar refractivity (Wildman–Crippen MR) is 106 cm³/mol. The number of nitrogens with one attached hydrogen (secondary N) is 1. The van der Waals surface area contributed by atoms with Crippen molar-refractivity contribution in [3.05, 3.63) is 54.4 Å². The molecule has 0 aliphatic heterocycles. The summed E-state index contributed by atoms with van der Waals surface area (Å²) in [5, 5.41) is 2.97. The van der Waals surface area contributed by atoms with Crippen molar-refractivity contribution >= 4 is 35.1 Å². The third-order valence-corrected chi connectivity index (χ3v) is 5.81. The fourth-order valence-corrected chi connectivity index (χ4v) is 3.86. The van der Waals surface area contributed by atoms with E-state index in [1.807, 2.05) is 43.5 Å². The molecular formula is C19H24N2OS2. The minimum atomic E-state index is -0.0174. The molecule has 0 spiro atoms. The summed E-state index contributed by atoms with van der Waals surface area (Å²) in [6.07, 6.45) is 6.00. The first-order valence-corrected chi connectivity index (χ1v) is 10.3. The van der Waals surface area contributed by atoms with E-state index in [-0.39, 0.29) is 11.2 Å². The first-order chi connectivity index (χ1) is 11.7. The number of unbranched alkanes of at least 4 members (excludes halogenated alkanes) is 1. The molecule has 0 aliphatic rings. The maximum atomic E-state index is 12.2. The Hall–Kier alpha value is -1.46. The van der Waals surface area contributed by atoms with Crippen LogP contribution in [0.1, 0.15) is 32.3 Å². The summed E-state index contributed by atoms with van der Waals surface area (Å²) < 4.78 is 0. The van der Waals surface area contributed by atoms with E-state index < -0.39 is 0 Å². The molecule has 5 heteroatoms. The second-order valence-corrected chi connectivity index (χ2v) is 8.03. The van der Waals surface area contributed by atoms with Crippen molar-refractivity contribution in [3.8, 4) is 0 Å². The fraction of sp³-hybridized carbons (Fsp3) is 0.368. The van der Waals surface area contributed by atoms with Crippen LogP contribution in [0.2, 0.25) is 0 Å².